The Labute approximate surface area is 191 Å². The largest absolute Gasteiger partial charge is 0.493 e. The van der Waals surface area contributed by atoms with Crippen LogP contribution in [-0.4, -0.2) is 17.9 Å². The summed E-state index contributed by atoms with van der Waals surface area (Å²) in [5.41, 5.74) is 16.0. The molecule has 0 aliphatic rings. The van der Waals surface area contributed by atoms with Crippen molar-refractivity contribution in [1.29, 1.82) is 5.53 Å². The van der Waals surface area contributed by atoms with Gasteiger partial charge in [-0.15, -0.1) is 5.10 Å². The van der Waals surface area contributed by atoms with Crippen LogP contribution in [0.1, 0.15) is 16.8 Å². The first kappa shape index (κ1) is 21.8. The van der Waals surface area contributed by atoms with Crippen molar-refractivity contribution in [3.8, 4) is 17.2 Å². The Balaban J connectivity index is 1.43. The van der Waals surface area contributed by atoms with Gasteiger partial charge in [-0.25, -0.2) is 4.98 Å². The number of fused-ring (bicyclic) bond motifs is 1. The van der Waals surface area contributed by atoms with Gasteiger partial charge < -0.3 is 19.9 Å². The van der Waals surface area contributed by atoms with E-state index in [0.29, 0.717) is 30.3 Å². The van der Waals surface area contributed by atoms with Gasteiger partial charge in [0.15, 0.2) is 17.3 Å². The van der Waals surface area contributed by atoms with E-state index in [-0.39, 0.29) is 5.84 Å². The lowest BCUT2D eigenvalue weighted by atomic mass is 10.2. The molecular weight excluding hydrogens is 418 g/mol. The Morgan fingerprint density at radius 3 is 2.64 bits per heavy atom. The number of aromatic nitrogens is 1. The summed E-state index contributed by atoms with van der Waals surface area (Å²) in [6, 6.07) is 24.8. The number of nitrogens with zero attached hydrogens (tertiary/aromatic N) is 3. The molecule has 4 rings (SSSR count). The minimum Gasteiger partial charge on any atom is -0.493 e. The molecule has 166 valence electrons. The molecule has 8 heteroatoms. The van der Waals surface area contributed by atoms with E-state index in [1.807, 2.05) is 60.7 Å². The third-order valence-corrected chi connectivity index (χ3v) is 4.95. The second kappa shape index (κ2) is 10.2. The minimum atomic E-state index is 0.121. The van der Waals surface area contributed by atoms with Crippen molar-refractivity contribution in [2.45, 2.75) is 13.2 Å². The molecule has 4 aromatic rings. The number of methoxy groups -OCH3 is 1. The molecule has 0 radical (unpaired) electrons. The Hall–Kier alpha value is -4.46. The smallest absolute Gasteiger partial charge is 0.162 e. The predicted octanol–water partition coefficient (Wildman–Crippen LogP) is 5.05. The average molecular weight is 441 g/mol. The summed E-state index contributed by atoms with van der Waals surface area (Å²) in [4.78, 5) is 4.64. The number of hydrogen-bond donors (Lipinski definition) is 2. The molecule has 0 aliphatic heterocycles. The first-order valence-electron chi connectivity index (χ1n) is 10.2. The molecule has 0 saturated heterocycles. The number of pyridine rings is 1. The van der Waals surface area contributed by atoms with E-state index in [2.05, 4.69) is 15.3 Å². The monoisotopic (exact) mass is 441 g/mol. The van der Waals surface area contributed by atoms with E-state index in [0.717, 1.165) is 27.9 Å². The number of nitrogens with two attached hydrogens (primary N) is 1. The van der Waals surface area contributed by atoms with E-state index in [4.69, 9.17) is 25.5 Å². The Morgan fingerprint density at radius 2 is 1.79 bits per heavy atom. The fraction of sp³-hybridized carbons (Fsp3) is 0.120. The SMILES string of the molecule is COc1ccc(C(N)=NN=N)cc1OCc1cccc(OCc2ccc3ccccc3n2)c1. The van der Waals surface area contributed by atoms with Crippen molar-refractivity contribution in [3.05, 3.63) is 95.7 Å². The van der Waals surface area contributed by atoms with Crippen molar-refractivity contribution in [2.24, 2.45) is 16.1 Å². The zero-order valence-corrected chi connectivity index (χ0v) is 18.1. The van der Waals surface area contributed by atoms with Crippen molar-refractivity contribution < 1.29 is 14.2 Å². The summed E-state index contributed by atoms with van der Waals surface area (Å²) in [6.45, 7) is 0.662. The number of rotatable bonds is 9. The van der Waals surface area contributed by atoms with Gasteiger partial charge in [-0.1, -0.05) is 41.6 Å². The molecule has 3 aromatic carbocycles. The number of ether oxygens (including phenoxy) is 3. The number of benzene rings is 3. The molecule has 1 aromatic heterocycles. The fourth-order valence-corrected chi connectivity index (χ4v) is 3.29. The maximum atomic E-state index is 6.84. The van der Waals surface area contributed by atoms with E-state index < -0.39 is 0 Å². The van der Waals surface area contributed by atoms with Crippen LogP contribution < -0.4 is 19.9 Å². The van der Waals surface area contributed by atoms with Crippen LogP contribution in [0.2, 0.25) is 0 Å². The Bertz CT molecular complexity index is 1310. The van der Waals surface area contributed by atoms with Crippen LogP contribution in [0.25, 0.3) is 10.9 Å². The molecule has 0 saturated carbocycles. The van der Waals surface area contributed by atoms with Gasteiger partial charge in [0.25, 0.3) is 0 Å². The summed E-state index contributed by atoms with van der Waals surface area (Å²) >= 11 is 0. The quantitative estimate of drug-likeness (QED) is 0.163. The molecule has 33 heavy (non-hydrogen) atoms. The summed E-state index contributed by atoms with van der Waals surface area (Å²) in [5.74, 6) is 1.91. The summed E-state index contributed by atoms with van der Waals surface area (Å²) in [5, 5.41) is 7.61. The molecule has 0 bridgehead atoms. The molecule has 0 unspecified atom stereocenters. The van der Waals surface area contributed by atoms with Gasteiger partial charge in [-0.3, -0.25) is 0 Å². The third kappa shape index (κ3) is 5.43. The number of nitrogens with one attached hydrogen (secondary N) is 1. The highest BCUT2D eigenvalue weighted by Gasteiger charge is 2.09. The molecule has 0 spiro atoms. The zero-order valence-electron chi connectivity index (χ0n) is 18.1. The maximum Gasteiger partial charge on any atom is 0.162 e. The van der Waals surface area contributed by atoms with Crippen molar-refractivity contribution in [1.82, 2.24) is 4.98 Å². The molecular formula is C25H23N5O3. The van der Waals surface area contributed by atoms with Gasteiger partial charge in [0.1, 0.15) is 19.0 Å². The average Bonchev–Trinajstić information content (AvgIpc) is 2.86. The summed E-state index contributed by atoms with van der Waals surface area (Å²) in [7, 11) is 1.56. The second-order valence-electron chi connectivity index (χ2n) is 7.17. The highest BCUT2D eigenvalue weighted by molar-refractivity contribution is 5.97. The number of para-hydroxylation sites is 1. The Kier molecular flexibility index (Phi) is 6.75. The van der Waals surface area contributed by atoms with Crippen molar-refractivity contribution in [2.75, 3.05) is 7.11 Å². The highest BCUT2D eigenvalue weighted by Crippen LogP contribution is 2.29. The van der Waals surface area contributed by atoms with E-state index in [1.54, 1.807) is 25.3 Å². The lowest BCUT2D eigenvalue weighted by molar-refractivity contribution is 0.280. The van der Waals surface area contributed by atoms with Gasteiger partial charge in [0.2, 0.25) is 0 Å². The van der Waals surface area contributed by atoms with Crippen LogP contribution in [0.3, 0.4) is 0 Å². The number of hydrogen-bond acceptors (Lipinski definition) is 6. The van der Waals surface area contributed by atoms with E-state index >= 15 is 0 Å². The summed E-state index contributed by atoms with van der Waals surface area (Å²) < 4.78 is 17.3. The van der Waals surface area contributed by atoms with Crippen molar-refractivity contribution in [3.63, 3.8) is 0 Å². The third-order valence-electron chi connectivity index (χ3n) is 4.95. The van der Waals surface area contributed by atoms with Gasteiger partial charge in [-0.05, 0) is 48.0 Å². The zero-order chi connectivity index (χ0) is 23.0. The Morgan fingerprint density at radius 1 is 0.909 bits per heavy atom. The normalized spacial score (nSPS) is 11.2. The molecule has 1 heterocycles. The minimum absolute atomic E-state index is 0.121. The molecule has 8 nitrogen and oxygen atoms in total. The standard InChI is InChI=1S/C25H23N5O3/c1-31-23-12-10-19(25(26)29-30-27)14-24(23)33-15-17-5-4-7-21(13-17)32-16-20-11-9-18-6-2-3-8-22(18)28-20/h2-14H,15-16H2,1H3,(H3,26,27,29). The van der Waals surface area contributed by atoms with Gasteiger partial charge in [-0.2, -0.15) is 5.53 Å². The summed E-state index contributed by atoms with van der Waals surface area (Å²) in [6.07, 6.45) is 0. The number of amidine groups is 1. The topological polar surface area (TPSA) is 115 Å². The lowest BCUT2D eigenvalue weighted by Gasteiger charge is -2.13. The molecule has 0 atom stereocenters. The van der Waals surface area contributed by atoms with Gasteiger partial charge in [0, 0.05) is 10.9 Å². The van der Waals surface area contributed by atoms with Crippen LogP contribution in [0.4, 0.5) is 0 Å². The van der Waals surface area contributed by atoms with E-state index in [9.17, 15) is 0 Å². The molecule has 3 N–H and O–H groups in total. The van der Waals surface area contributed by atoms with Crippen molar-refractivity contribution >= 4 is 16.7 Å². The predicted molar refractivity (Wildman–Crippen MR) is 126 cm³/mol. The molecule has 0 amide bonds. The van der Waals surface area contributed by atoms with E-state index in [1.165, 1.54) is 0 Å². The van der Waals surface area contributed by atoms with Crippen LogP contribution in [0.15, 0.2) is 89.2 Å². The van der Waals surface area contributed by atoms with Crippen LogP contribution >= 0.6 is 0 Å². The van der Waals surface area contributed by atoms with Crippen LogP contribution in [0.5, 0.6) is 17.2 Å². The van der Waals surface area contributed by atoms with Crippen LogP contribution in [0, 0.1) is 5.53 Å². The lowest BCUT2D eigenvalue weighted by Crippen LogP contribution is -2.13. The van der Waals surface area contributed by atoms with Crippen LogP contribution in [-0.2, 0) is 13.2 Å². The highest BCUT2D eigenvalue weighted by atomic mass is 16.5. The maximum absolute atomic E-state index is 6.84. The fourth-order valence-electron chi connectivity index (χ4n) is 3.29. The second-order valence-corrected chi connectivity index (χ2v) is 7.17. The van der Waals surface area contributed by atoms with Gasteiger partial charge in [0.05, 0.1) is 18.3 Å². The first-order chi connectivity index (χ1) is 16.2. The molecule has 0 aliphatic carbocycles. The first-order valence-corrected chi connectivity index (χ1v) is 10.2. The van der Waals surface area contributed by atoms with Gasteiger partial charge >= 0.3 is 0 Å². The molecule has 0 fully saturated rings.